The summed E-state index contributed by atoms with van der Waals surface area (Å²) in [7, 11) is -0.261. The molecule has 3 atom stereocenters. The summed E-state index contributed by atoms with van der Waals surface area (Å²) in [6.07, 6.45) is 3.63. The molecule has 8 heteroatoms. The summed E-state index contributed by atoms with van der Waals surface area (Å²) in [6.45, 7) is 4.98. The smallest absolute Gasteiger partial charge is 0.282 e. The second kappa shape index (κ2) is 7.51. The largest absolute Gasteiger partial charge is 0.297 e. The Bertz CT molecular complexity index is 917. The van der Waals surface area contributed by atoms with E-state index in [1.165, 1.54) is 4.31 Å². The third-order valence-electron chi connectivity index (χ3n) is 5.82. The Morgan fingerprint density at radius 3 is 2.46 bits per heavy atom. The first-order valence-electron chi connectivity index (χ1n) is 9.60. The topological polar surface area (TPSA) is 69.6 Å². The van der Waals surface area contributed by atoms with Crippen molar-refractivity contribution in [3.05, 3.63) is 59.7 Å². The molecule has 2 aromatic rings. The van der Waals surface area contributed by atoms with Crippen molar-refractivity contribution >= 4 is 10.2 Å². The van der Waals surface area contributed by atoms with Gasteiger partial charge in [0.2, 0.25) is 0 Å². The molecule has 2 aliphatic heterocycles. The molecule has 0 amide bonds. The zero-order valence-corrected chi connectivity index (χ0v) is 17.4. The lowest BCUT2D eigenvalue weighted by atomic mass is 9.90. The van der Waals surface area contributed by atoms with Gasteiger partial charge in [0.05, 0.1) is 17.4 Å². The molecule has 28 heavy (non-hydrogen) atoms. The summed E-state index contributed by atoms with van der Waals surface area (Å²) in [5.41, 5.74) is 2.94. The minimum Gasteiger partial charge on any atom is -0.297 e. The molecule has 4 rings (SSSR count). The van der Waals surface area contributed by atoms with E-state index in [-0.39, 0.29) is 12.0 Å². The van der Waals surface area contributed by atoms with Crippen molar-refractivity contribution in [2.24, 2.45) is 11.8 Å². The normalized spacial score (nSPS) is 26.1. The van der Waals surface area contributed by atoms with Gasteiger partial charge in [-0.2, -0.15) is 17.0 Å². The second-order valence-corrected chi connectivity index (χ2v) is 10.1. The van der Waals surface area contributed by atoms with E-state index in [1.54, 1.807) is 24.6 Å². The number of fused-ring (bicyclic) bond motifs is 1. The monoisotopic (exact) mass is 401 g/mol. The number of nitrogens with zero attached hydrogens (tertiary/aromatic N) is 5. The highest BCUT2D eigenvalue weighted by Crippen LogP contribution is 2.46. The predicted octanol–water partition coefficient (Wildman–Crippen LogP) is 1.70. The Labute approximate surface area is 167 Å². The number of hydrogen-bond donors (Lipinski definition) is 0. The quantitative estimate of drug-likeness (QED) is 0.763. The number of benzene rings is 1. The van der Waals surface area contributed by atoms with Crippen molar-refractivity contribution in [3.8, 4) is 0 Å². The van der Waals surface area contributed by atoms with Crippen LogP contribution in [0.1, 0.15) is 23.0 Å². The van der Waals surface area contributed by atoms with Gasteiger partial charge in [-0.05, 0) is 24.3 Å². The van der Waals surface area contributed by atoms with Crippen LogP contribution in [0.2, 0.25) is 0 Å². The fourth-order valence-electron chi connectivity index (χ4n) is 4.47. The van der Waals surface area contributed by atoms with Crippen LogP contribution in [0.25, 0.3) is 0 Å². The molecule has 0 unspecified atom stereocenters. The SMILES string of the molecule is Cc1cnc(CN2C[C@H]3CN(S(=O)(=O)N(C)C)[C@H](c4ccccc4)[C@H]3C2)cn1. The zero-order chi connectivity index (χ0) is 19.9. The van der Waals surface area contributed by atoms with E-state index in [0.29, 0.717) is 12.5 Å². The summed E-state index contributed by atoms with van der Waals surface area (Å²) in [5, 5.41) is 0. The zero-order valence-electron chi connectivity index (χ0n) is 16.6. The maximum Gasteiger partial charge on any atom is 0.282 e. The van der Waals surface area contributed by atoms with Crippen LogP contribution in [-0.2, 0) is 16.8 Å². The highest BCUT2D eigenvalue weighted by atomic mass is 32.2. The Balaban J connectivity index is 1.58. The van der Waals surface area contributed by atoms with E-state index in [4.69, 9.17) is 0 Å². The van der Waals surface area contributed by atoms with Crippen molar-refractivity contribution in [1.82, 2.24) is 23.5 Å². The minimum atomic E-state index is -3.47. The van der Waals surface area contributed by atoms with E-state index in [0.717, 1.165) is 36.6 Å². The van der Waals surface area contributed by atoms with E-state index in [9.17, 15) is 8.42 Å². The highest BCUT2D eigenvalue weighted by molar-refractivity contribution is 7.86. The molecule has 0 N–H and O–H groups in total. The first kappa shape index (κ1) is 19.4. The van der Waals surface area contributed by atoms with Gasteiger partial charge >= 0.3 is 0 Å². The number of hydrogen-bond acceptors (Lipinski definition) is 5. The molecule has 1 aromatic heterocycles. The molecule has 2 aliphatic rings. The Kier molecular flexibility index (Phi) is 5.22. The van der Waals surface area contributed by atoms with Crippen molar-refractivity contribution in [3.63, 3.8) is 0 Å². The van der Waals surface area contributed by atoms with Crippen LogP contribution in [0.15, 0.2) is 42.7 Å². The average Bonchev–Trinajstić information content (AvgIpc) is 3.21. The highest BCUT2D eigenvalue weighted by Gasteiger charge is 2.51. The lowest BCUT2D eigenvalue weighted by Crippen LogP contribution is -2.42. The van der Waals surface area contributed by atoms with Crippen LogP contribution in [0.5, 0.6) is 0 Å². The number of aryl methyl sites for hydroxylation is 1. The fraction of sp³-hybridized carbons (Fsp3) is 0.500. The summed E-state index contributed by atoms with van der Waals surface area (Å²) in [6, 6.07) is 9.89. The van der Waals surface area contributed by atoms with E-state index in [2.05, 4.69) is 14.9 Å². The molecule has 1 aromatic carbocycles. The molecule has 150 valence electrons. The maximum atomic E-state index is 13.0. The average molecular weight is 402 g/mol. The molecule has 0 saturated carbocycles. The maximum absolute atomic E-state index is 13.0. The van der Waals surface area contributed by atoms with E-state index < -0.39 is 10.2 Å². The summed E-state index contributed by atoms with van der Waals surface area (Å²) in [4.78, 5) is 11.2. The van der Waals surface area contributed by atoms with Crippen LogP contribution in [0, 0.1) is 18.8 Å². The van der Waals surface area contributed by atoms with E-state index in [1.807, 2.05) is 43.5 Å². The Morgan fingerprint density at radius 2 is 1.82 bits per heavy atom. The lowest BCUT2D eigenvalue weighted by Gasteiger charge is -2.31. The van der Waals surface area contributed by atoms with Gasteiger partial charge in [0.25, 0.3) is 10.2 Å². The first-order valence-corrected chi connectivity index (χ1v) is 11.0. The molecule has 0 radical (unpaired) electrons. The molecular weight excluding hydrogens is 374 g/mol. The van der Waals surface area contributed by atoms with Crippen LogP contribution in [-0.4, -0.2) is 65.6 Å². The van der Waals surface area contributed by atoms with Gasteiger partial charge < -0.3 is 0 Å². The lowest BCUT2D eigenvalue weighted by molar-refractivity contribution is 0.252. The summed E-state index contributed by atoms with van der Waals surface area (Å²) < 4.78 is 29.0. The minimum absolute atomic E-state index is 0.132. The van der Waals surface area contributed by atoms with Crippen LogP contribution >= 0.6 is 0 Å². The van der Waals surface area contributed by atoms with Gasteiger partial charge in [-0.15, -0.1) is 0 Å². The van der Waals surface area contributed by atoms with Crippen LogP contribution in [0.3, 0.4) is 0 Å². The molecule has 2 saturated heterocycles. The molecule has 7 nitrogen and oxygen atoms in total. The van der Waals surface area contributed by atoms with Crippen molar-refractivity contribution in [1.29, 1.82) is 0 Å². The summed E-state index contributed by atoms with van der Waals surface area (Å²) >= 11 is 0. The van der Waals surface area contributed by atoms with Crippen LogP contribution < -0.4 is 0 Å². The number of likely N-dealkylation sites (tertiary alicyclic amines) is 1. The first-order chi connectivity index (χ1) is 13.4. The standard InChI is InChI=1S/C20H27N5O2S/c1-15-9-22-18(10-21-15)13-24-11-17-12-25(28(26,27)23(2)3)20(19(17)14-24)16-7-5-4-6-8-16/h4-10,17,19-20H,11-14H2,1-3H3/t17-,19-,20+/m0/s1. The van der Waals surface area contributed by atoms with Gasteiger partial charge in [0.15, 0.2) is 0 Å². The molecule has 0 bridgehead atoms. The van der Waals surface area contributed by atoms with Crippen molar-refractivity contribution < 1.29 is 8.42 Å². The molecule has 2 fully saturated rings. The van der Waals surface area contributed by atoms with Gasteiger partial charge in [-0.25, -0.2) is 0 Å². The Hall–Kier alpha value is -1.87. The van der Waals surface area contributed by atoms with Gasteiger partial charge in [-0.3, -0.25) is 14.9 Å². The number of aromatic nitrogens is 2. The van der Waals surface area contributed by atoms with E-state index >= 15 is 0 Å². The van der Waals surface area contributed by atoms with Gasteiger partial charge in [0, 0.05) is 52.7 Å². The predicted molar refractivity (Wildman–Crippen MR) is 108 cm³/mol. The molecule has 0 aliphatic carbocycles. The third-order valence-corrected chi connectivity index (χ3v) is 7.71. The van der Waals surface area contributed by atoms with Gasteiger partial charge in [0.1, 0.15) is 0 Å². The summed E-state index contributed by atoms with van der Waals surface area (Å²) in [5.74, 6) is 0.592. The number of rotatable bonds is 5. The fourth-order valence-corrected chi connectivity index (χ4v) is 5.83. The Morgan fingerprint density at radius 1 is 1.07 bits per heavy atom. The molecule has 0 spiro atoms. The second-order valence-electron chi connectivity index (χ2n) is 7.98. The third kappa shape index (κ3) is 3.57. The molecule has 3 heterocycles. The molecular formula is C20H27N5O2S. The van der Waals surface area contributed by atoms with Gasteiger partial charge in [-0.1, -0.05) is 30.3 Å². The van der Waals surface area contributed by atoms with Crippen molar-refractivity contribution in [2.75, 3.05) is 33.7 Å². The van der Waals surface area contributed by atoms with Crippen molar-refractivity contribution in [2.45, 2.75) is 19.5 Å². The van der Waals surface area contributed by atoms with Crippen LogP contribution in [0.4, 0.5) is 0 Å².